The van der Waals surface area contributed by atoms with E-state index in [1.54, 1.807) is 0 Å². The molecular weight excluding hydrogens is 210 g/mol. The van der Waals surface area contributed by atoms with Gasteiger partial charge in [0.25, 0.3) is 0 Å². The Morgan fingerprint density at radius 3 is 2.47 bits per heavy atom. The Kier molecular flexibility index (Phi) is 2.32. The van der Waals surface area contributed by atoms with Crippen LogP contribution in [0.25, 0.3) is 0 Å². The van der Waals surface area contributed by atoms with Crippen LogP contribution < -0.4 is 0 Å². The van der Waals surface area contributed by atoms with E-state index in [-0.39, 0.29) is 17.4 Å². The molecule has 82 valence electrons. The quantitative estimate of drug-likeness (QED) is 0.786. The van der Waals surface area contributed by atoms with E-state index in [1.165, 1.54) is 0 Å². The first kappa shape index (κ1) is 10.9. The number of aromatic nitrogens is 1. The van der Waals surface area contributed by atoms with Crippen LogP contribution in [0.1, 0.15) is 31.5 Å². The highest BCUT2D eigenvalue weighted by Gasteiger charge is 2.62. The summed E-state index contributed by atoms with van der Waals surface area (Å²) in [7, 11) is 0. The predicted molar refractivity (Wildman–Crippen MR) is 61.1 cm³/mol. The second kappa shape index (κ2) is 3.19. The number of aliphatic hydroxyl groups excluding tert-OH is 1. The Morgan fingerprint density at radius 1 is 1.47 bits per heavy atom. The Labute approximate surface area is 95.3 Å². The highest BCUT2D eigenvalue weighted by molar-refractivity contribution is 6.30. The lowest BCUT2D eigenvalue weighted by Gasteiger charge is -2.19. The van der Waals surface area contributed by atoms with Crippen molar-refractivity contribution in [2.75, 3.05) is 6.61 Å². The number of halogens is 1. The third-order valence-corrected chi connectivity index (χ3v) is 3.98. The van der Waals surface area contributed by atoms with Gasteiger partial charge in [-0.15, -0.1) is 0 Å². The molecule has 2 nitrogen and oxygen atoms in total. The van der Waals surface area contributed by atoms with Gasteiger partial charge in [-0.05, 0) is 30.4 Å². The maximum absolute atomic E-state index is 9.55. The standard InChI is InChI=1S/C12H16ClNO/c1-8-4-5-9(10(13)14-8)12(7-15)6-11(12,2)3/h4-5,15H,6-7H2,1-3H3. The second-order valence-electron chi connectivity index (χ2n) is 5.09. The van der Waals surface area contributed by atoms with Crippen molar-refractivity contribution >= 4 is 11.6 Å². The summed E-state index contributed by atoms with van der Waals surface area (Å²) in [6.07, 6.45) is 0.973. The van der Waals surface area contributed by atoms with Gasteiger partial charge in [-0.2, -0.15) is 0 Å². The van der Waals surface area contributed by atoms with Crippen molar-refractivity contribution in [1.82, 2.24) is 4.98 Å². The molecule has 1 unspecified atom stereocenters. The summed E-state index contributed by atoms with van der Waals surface area (Å²) in [4.78, 5) is 4.25. The maximum Gasteiger partial charge on any atom is 0.133 e. The first-order valence-electron chi connectivity index (χ1n) is 5.17. The van der Waals surface area contributed by atoms with Crippen molar-refractivity contribution < 1.29 is 5.11 Å². The monoisotopic (exact) mass is 225 g/mol. The van der Waals surface area contributed by atoms with Crippen molar-refractivity contribution in [3.8, 4) is 0 Å². The molecule has 1 fully saturated rings. The van der Waals surface area contributed by atoms with Crippen LogP contribution in [0.15, 0.2) is 12.1 Å². The van der Waals surface area contributed by atoms with Crippen LogP contribution in [0.3, 0.4) is 0 Å². The van der Waals surface area contributed by atoms with Gasteiger partial charge in [-0.1, -0.05) is 31.5 Å². The fourth-order valence-electron chi connectivity index (χ4n) is 2.41. The summed E-state index contributed by atoms with van der Waals surface area (Å²) < 4.78 is 0. The average Bonchev–Trinajstić information content (AvgIpc) is 2.69. The minimum Gasteiger partial charge on any atom is -0.395 e. The molecule has 1 saturated carbocycles. The van der Waals surface area contributed by atoms with E-state index in [4.69, 9.17) is 11.6 Å². The largest absolute Gasteiger partial charge is 0.395 e. The zero-order chi connectivity index (χ0) is 11.3. The van der Waals surface area contributed by atoms with Gasteiger partial charge < -0.3 is 5.11 Å². The zero-order valence-corrected chi connectivity index (χ0v) is 10.1. The highest BCUT2D eigenvalue weighted by atomic mass is 35.5. The molecule has 15 heavy (non-hydrogen) atoms. The summed E-state index contributed by atoms with van der Waals surface area (Å²) in [5, 5.41) is 10.1. The summed E-state index contributed by atoms with van der Waals surface area (Å²) in [5.74, 6) is 0. The number of hydrogen-bond acceptors (Lipinski definition) is 2. The van der Waals surface area contributed by atoms with Crippen molar-refractivity contribution in [3.05, 3.63) is 28.5 Å². The lowest BCUT2D eigenvalue weighted by atomic mass is 9.89. The fourth-order valence-corrected chi connectivity index (χ4v) is 2.78. The third-order valence-electron chi connectivity index (χ3n) is 3.69. The molecule has 0 amide bonds. The molecular formula is C12H16ClNO. The molecule has 1 N–H and O–H groups in total. The molecule has 1 aromatic heterocycles. The first-order chi connectivity index (χ1) is 6.93. The molecule has 0 aliphatic heterocycles. The Morgan fingerprint density at radius 2 is 2.07 bits per heavy atom. The Balaban J connectivity index is 2.46. The minimum absolute atomic E-state index is 0.127. The minimum atomic E-state index is -0.176. The van der Waals surface area contributed by atoms with E-state index in [1.807, 2.05) is 19.1 Å². The second-order valence-corrected chi connectivity index (χ2v) is 5.45. The van der Waals surface area contributed by atoms with Gasteiger partial charge in [0, 0.05) is 11.1 Å². The first-order valence-corrected chi connectivity index (χ1v) is 5.55. The molecule has 0 radical (unpaired) electrons. The molecule has 0 bridgehead atoms. The van der Waals surface area contributed by atoms with Crippen molar-refractivity contribution in [1.29, 1.82) is 0 Å². The van der Waals surface area contributed by atoms with E-state index in [9.17, 15) is 5.11 Å². The van der Waals surface area contributed by atoms with Crippen LogP contribution >= 0.6 is 11.6 Å². The summed E-state index contributed by atoms with van der Waals surface area (Å²) in [6, 6.07) is 3.95. The molecule has 0 saturated heterocycles. The van der Waals surface area contributed by atoms with Crippen molar-refractivity contribution in [3.63, 3.8) is 0 Å². The van der Waals surface area contributed by atoms with Crippen LogP contribution in [-0.2, 0) is 5.41 Å². The summed E-state index contributed by atoms with van der Waals surface area (Å²) in [5.41, 5.74) is 1.85. The molecule has 0 aromatic carbocycles. The fraction of sp³-hybridized carbons (Fsp3) is 0.583. The smallest absolute Gasteiger partial charge is 0.133 e. The van der Waals surface area contributed by atoms with E-state index in [2.05, 4.69) is 18.8 Å². The summed E-state index contributed by atoms with van der Waals surface area (Å²) >= 11 is 6.14. The average molecular weight is 226 g/mol. The molecule has 2 rings (SSSR count). The Hall–Kier alpha value is -0.600. The van der Waals surface area contributed by atoms with Gasteiger partial charge in [-0.3, -0.25) is 0 Å². The van der Waals surface area contributed by atoms with Gasteiger partial charge in [0.1, 0.15) is 5.15 Å². The number of aryl methyl sites for hydroxylation is 1. The number of rotatable bonds is 2. The SMILES string of the molecule is Cc1ccc(C2(CO)CC2(C)C)c(Cl)n1. The molecule has 1 aromatic rings. The Bertz CT molecular complexity index is 403. The van der Waals surface area contributed by atoms with Gasteiger partial charge in [0.05, 0.1) is 6.61 Å². The lowest BCUT2D eigenvalue weighted by Crippen LogP contribution is -2.20. The van der Waals surface area contributed by atoms with Crippen molar-refractivity contribution in [2.24, 2.45) is 5.41 Å². The number of pyridine rings is 1. The van der Waals surface area contributed by atoms with Crippen LogP contribution in [0.2, 0.25) is 5.15 Å². The molecule has 1 atom stereocenters. The maximum atomic E-state index is 9.55. The van der Waals surface area contributed by atoms with Crippen LogP contribution in [0.4, 0.5) is 0 Å². The molecule has 0 spiro atoms. The van der Waals surface area contributed by atoms with Gasteiger partial charge in [0.15, 0.2) is 0 Å². The zero-order valence-electron chi connectivity index (χ0n) is 9.34. The van der Waals surface area contributed by atoms with Crippen LogP contribution in [0, 0.1) is 12.3 Å². The van der Waals surface area contributed by atoms with E-state index in [0.29, 0.717) is 5.15 Å². The van der Waals surface area contributed by atoms with Crippen LogP contribution in [0.5, 0.6) is 0 Å². The predicted octanol–water partition coefficient (Wildman–Crippen LogP) is 2.70. The van der Waals surface area contributed by atoms with E-state index < -0.39 is 0 Å². The summed E-state index contributed by atoms with van der Waals surface area (Å²) in [6.45, 7) is 6.36. The topological polar surface area (TPSA) is 33.1 Å². The molecule has 3 heteroatoms. The van der Waals surface area contributed by atoms with Gasteiger partial charge >= 0.3 is 0 Å². The molecule has 1 aliphatic carbocycles. The van der Waals surface area contributed by atoms with Crippen molar-refractivity contribution in [2.45, 2.75) is 32.6 Å². The number of aliphatic hydroxyl groups is 1. The highest BCUT2D eigenvalue weighted by Crippen LogP contribution is 2.64. The number of hydrogen-bond donors (Lipinski definition) is 1. The van der Waals surface area contributed by atoms with Gasteiger partial charge in [-0.25, -0.2) is 4.98 Å². The van der Waals surface area contributed by atoms with Gasteiger partial charge in [0.2, 0.25) is 0 Å². The molecule has 1 heterocycles. The third kappa shape index (κ3) is 1.47. The molecule has 1 aliphatic rings. The van der Waals surface area contributed by atoms with E-state index in [0.717, 1.165) is 17.7 Å². The number of nitrogens with zero attached hydrogens (tertiary/aromatic N) is 1. The lowest BCUT2D eigenvalue weighted by molar-refractivity contribution is 0.231. The van der Waals surface area contributed by atoms with E-state index >= 15 is 0 Å². The van der Waals surface area contributed by atoms with Crippen LogP contribution in [-0.4, -0.2) is 16.7 Å². The normalized spacial score (nSPS) is 27.8.